The Hall–Kier alpha value is -3.49. The Morgan fingerprint density at radius 2 is 1.97 bits per heavy atom. The summed E-state index contributed by atoms with van der Waals surface area (Å²) in [5, 5.41) is 29.6. The molecule has 3 aromatic rings. The van der Waals surface area contributed by atoms with Crippen LogP contribution in [0.4, 0.5) is 5.69 Å². The molecule has 1 unspecified atom stereocenters. The van der Waals surface area contributed by atoms with Gasteiger partial charge in [-0.3, -0.25) is 14.7 Å². The number of hydrogen-bond acceptors (Lipinski definition) is 5. The van der Waals surface area contributed by atoms with Crippen LogP contribution in [-0.2, 0) is 23.4 Å². The van der Waals surface area contributed by atoms with E-state index in [0.29, 0.717) is 30.5 Å². The molecule has 2 amide bonds. The average Bonchev–Trinajstić information content (AvgIpc) is 3.20. The summed E-state index contributed by atoms with van der Waals surface area (Å²) in [4.78, 5) is 27.3. The lowest BCUT2D eigenvalue weighted by atomic mass is 9.99. The first-order valence-electron chi connectivity index (χ1n) is 10.5. The van der Waals surface area contributed by atoms with Crippen LogP contribution in [0, 0.1) is 0 Å². The number of aromatic amines is 1. The van der Waals surface area contributed by atoms with E-state index in [1.807, 2.05) is 30.3 Å². The molecule has 166 valence electrons. The lowest BCUT2D eigenvalue weighted by Crippen LogP contribution is -2.46. The second kappa shape index (κ2) is 8.57. The van der Waals surface area contributed by atoms with Crippen LogP contribution in [0.25, 0.3) is 0 Å². The first-order chi connectivity index (χ1) is 15.2. The number of nitrogens with zero attached hydrogens (tertiary/aromatic N) is 2. The second-order valence-electron chi connectivity index (χ2n) is 8.27. The van der Waals surface area contributed by atoms with E-state index in [0.717, 1.165) is 16.8 Å². The highest BCUT2D eigenvalue weighted by atomic mass is 16.5. The van der Waals surface area contributed by atoms with Crippen molar-refractivity contribution in [1.29, 1.82) is 0 Å². The molecule has 8 nitrogen and oxygen atoms in total. The smallest absolute Gasteiger partial charge is 0.272 e. The van der Waals surface area contributed by atoms with E-state index in [1.54, 1.807) is 31.3 Å². The van der Waals surface area contributed by atoms with Crippen molar-refractivity contribution in [1.82, 2.24) is 15.5 Å². The van der Waals surface area contributed by atoms with E-state index in [-0.39, 0.29) is 11.6 Å². The molecular formula is C24H26N4O4. The number of amides is 2. The molecule has 0 radical (unpaired) electrons. The standard InChI is InChI=1S/C24H26N4O4/c1-24(31,32)17-9-11-21-16(13-17)8-10-19(23(30)28(21)2)25-22(29)20-14-18(26-27-20)12-15-6-4-3-5-7-15/h3-7,9,11,13-14,19,31-32H,8,10,12H2,1-2H3,(H,25,29)(H,26,27). The molecule has 0 aliphatic carbocycles. The first-order valence-corrected chi connectivity index (χ1v) is 10.5. The van der Waals surface area contributed by atoms with E-state index in [1.165, 1.54) is 11.8 Å². The Balaban J connectivity index is 1.47. The molecule has 0 bridgehead atoms. The fourth-order valence-corrected chi connectivity index (χ4v) is 3.93. The topological polar surface area (TPSA) is 119 Å². The highest BCUT2D eigenvalue weighted by Gasteiger charge is 2.31. The number of likely N-dealkylation sites (N-methyl/N-ethyl adjacent to an activating group) is 1. The molecule has 0 saturated carbocycles. The van der Waals surface area contributed by atoms with Crippen LogP contribution >= 0.6 is 0 Å². The summed E-state index contributed by atoms with van der Waals surface area (Å²) in [7, 11) is 1.65. The third-order valence-electron chi connectivity index (χ3n) is 5.73. The summed E-state index contributed by atoms with van der Waals surface area (Å²) in [5.74, 6) is -2.62. The number of carbonyl (C=O) groups excluding carboxylic acids is 2. The third kappa shape index (κ3) is 4.56. The van der Waals surface area contributed by atoms with Gasteiger partial charge in [0.1, 0.15) is 11.7 Å². The predicted molar refractivity (Wildman–Crippen MR) is 119 cm³/mol. The molecule has 0 fully saturated rings. The van der Waals surface area contributed by atoms with Gasteiger partial charge in [-0.25, -0.2) is 0 Å². The van der Waals surface area contributed by atoms with Gasteiger partial charge in [-0.2, -0.15) is 5.10 Å². The number of aromatic nitrogens is 2. The van der Waals surface area contributed by atoms with Crippen molar-refractivity contribution in [2.45, 2.75) is 38.0 Å². The van der Waals surface area contributed by atoms with Crippen molar-refractivity contribution in [3.8, 4) is 0 Å². The number of hydrogen-bond donors (Lipinski definition) is 4. The largest absolute Gasteiger partial charge is 0.362 e. The zero-order chi connectivity index (χ0) is 22.9. The summed E-state index contributed by atoms with van der Waals surface area (Å²) in [6, 6.07) is 15.8. The molecule has 0 saturated heterocycles. The summed E-state index contributed by atoms with van der Waals surface area (Å²) in [6.45, 7) is 1.29. The van der Waals surface area contributed by atoms with Gasteiger partial charge < -0.3 is 20.4 Å². The molecular weight excluding hydrogens is 408 g/mol. The SMILES string of the molecule is CN1C(=O)C(NC(=O)c2cc(Cc3ccccc3)[nH]n2)CCc2cc(C(C)(O)O)ccc21. The fraction of sp³-hybridized carbons (Fsp3) is 0.292. The highest BCUT2D eigenvalue weighted by Crippen LogP contribution is 2.30. The number of aliphatic hydroxyl groups is 2. The van der Waals surface area contributed by atoms with Gasteiger partial charge in [0.05, 0.1) is 0 Å². The van der Waals surface area contributed by atoms with Crippen molar-refractivity contribution >= 4 is 17.5 Å². The van der Waals surface area contributed by atoms with Gasteiger partial charge in [0.15, 0.2) is 5.79 Å². The van der Waals surface area contributed by atoms with Crippen LogP contribution < -0.4 is 10.2 Å². The van der Waals surface area contributed by atoms with Crippen molar-refractivity contribution in [2.24, 2.45) is 0 Å². The summed E-state index contributed by atoms with van der Waals surface area (Å²) in [5.41, 5.74) is 3.98. The molecule has 1 aliphatic rings. The van der Waals surface area contributed by atoms with Gasteiger partial charge in [-0.15, -0.1) is 0 Å². The Labute approximate surface area is 185 Å². The van der Waals surface area contributed by atoms with Gasteiger partial charge in [-0.05, 0) is 49.1 Å². The number of H-pyrrole nitrogens is 1. The molecule has 4 rings (SSSR count). The minimum Gasteiger partial charge on any atom is -0.362 e. The number of carbonyl (C=O) groups is 2. The Morgan fingerprint density at radius 3 is 2.69 bits per heavy atom. The molecule has 1 atom stereocenters. The Bertz CT molecular complexity index is 1130. The maximum absolute atomic E-state index is 13.0. The zero-order valence-electron chi connectivity index (χ0n) is 18.0. The van der Waals surface area contributed by atoms with Gasteiger partial charge in [-0.1, -0.05) is 36.4 Å². The third-order valence-corrected chi connectivity index (χ3v) is 5.73. The van der Waals surface area contributed by atoms with Crippen molar-refractivity contribution in [2.75, 3.05) is 11.9 Å². The fourth-order valence-electron chi connectivity index (χ4n) is 3.93. The number of benzene rings is 2. The maximum atomic E-state index is 13.0. The molecule has 2 heterocycles. The summed E-state index contributed by atoms with van der Waals surface area (Å²) >= 11 is 0. The van der Waals surface area contributed by atoms with Crippen molar-refractivity contribution < 1.29 is 19.8 Å². The van der Waals surface area contributed by atoms with E-state index in [4.69, 9.17) is 0 Å². The van der Waals surface area contributed by atoms with Crippen LogP contribution in [0.2, 0.25) is 0 Å². The van der Waals surface area contributed by atoms with Crippen molar-refractivity contribution in [3.63, 3.8) is 0 Å². The number of rotatable bonds is 5. The normalized spacial score (nSPS) is 16.4. The summed E-state index contributed by atoms with van der Waals surface area (Å²) in [6.07, 6.45) is 1.51. The van der Waals surface area contributed by atoms with Crippen LogP contribution in [0.5, 0.6) is 0 Å². The molecule has 0 spiro atoms. The second-order valence-corrected chi connectivity index (χ2v) is 8.27. The van der Waals surface area contributed by atoms with Crippen LogP contribution in [0.1, 0.15) is 46.2 Å². The van der Waals surface area contributed by atoms with E-state index < -0.39 is 17.7 Å². The van der Waals surface area contributed by atoms with Crippen LogP contribution in [0.3, 0.4) is 0 Å². The molecule has 4 N–H and O–H groups in total. The molecule has 2 aromatic carbocycles. The quantitative estimate of drug-likeness (QED) is 0.457. The summed E-state index contributed by atoms with van der Waals surface area (Å²) < 4.78 is 0. The zero-order valence-corrected chi connectivity index (χ0v) is 18.0. The predicted octanol–water partition coefficient (Wildman–Crippen LogP) is 1.87. The molecule has 32 heavy (non-hydrogen) atoms. The Kier molecular flexibility index (Phi) is 5.82. The molecule has 1 aromatic heterocycles. The average molecular weight is 434 g/mol. The number of aryl methyl sites for hydroxylation is 1. The lowest BCUT2D eigenvalue weighted by molar-refractivity contribution is -0.152. The molecule has 1 aliphatic heterocycles. The monoisotopic (exact) mass is 434 g/mol. The van der Waals surface area contributed by atoms with Gasteiger partial charge in [0.25, 0.3) is 5.91 Å². The van der Waals surface area contributed by atoms with E-state index >= 15 is 0 Å². The minimum absolute atomic E-state index is 0.228. The van der Waals surface area contributed by atoms with Crippen LogP contribution in [-0.4, -0.2) is 45.3 Å². The van der Waals surface area contributed by atoms with E-state index in [9.17, 15) is 19.8 Å². The number of nitrogens with one attached hydrogen (secondary N) is 2. The first kappa shape index (κ1) is 21.7. The number of fused-ring (bicyclic) bond motifs is 1. The van der Waals surface area contributed by atoms with Gasteiger partial charge in [0.2, 0.25) is 5.91 Å². The Morgan fingerprint density at radius 1 is 1.22 bits per heavy atom. The van der Waals surface area contributed by atoms with E-state index in [2.05, 4.69) is 15.5 Å². The van der Waals surface area contributed by atoms with Gasteiger partial charge >= 0.3 is 0 Å². The van der Waals surface area contributed by atoms with Crippen LogP contribution in [0.15, 0.2) is 54.6 Å². The lowest BCUT2D eigenvalue weighted by Gasteiger charge is -2.23. The van der Waals surface area contributed by atoms with Gasteiger partial charge in [0, 0.05) is 30.4 Å². The highest BCUT2D eigenvalue weighted by molar-refractivity contribution is 6.02. The maximum Gasteiger partial charge on any atom is 0.272 e. The molecule has 8 heteroatoms. The van der Waals surface area contributed by atoms with Crippen molar-refractivity contribution in [3.05, 3.63) is 82.7 Å². The number of anilines is 1. The minimum atomic E-state index is -1.96.